The minimum Gasteiger partial charge on any atom is -0.294 e. The summed E-state index contributed by atoms with van der Waals surface area (Å²) in [4.78, 5) is 29.3. The standard InChI is InChI=1S/C23H25F2NO4S/c1-6-15-17(23(5,24)25)11-14-10-16(12(3)20(14)22(15)28)21-19(31(29,30)7-2)9-8-18(26-21)13(4)27/h8-12,15H,6-7H2,1-5H3. The van der Waals surface area contributed by atoms with E-state index in [2.05, 4.69) is 4.98 Å². The van der Waals surface area contributed by atoms with Gasteiger partial charge in [0.05, 0.1) is 16.3 Å². The fourth-order valence-electron chi connectivity index (χ4n) is 4.22. The van der Waals surface area contributed by atoms with E-state index < -0.39 is 27.6 Å². The highest BCUT2D eigenvalue weighted by Gasteiger charge is 2.44. The Labute approximate surface area is 180 Å². The average Bonchev–Trinajstić information content (AvgIpc) is 3.03. The van der Waals surface area contributed by atoms with Gasteiger partial charge in [-0.2, -0.15) is 0 Å². The molecule has 1 heterocycles. The number of sulfone groups is 1. The number of aromatic nitrogens is 1. The zero-order chi connectivity index (χ0) is 23.3. The van der Waals surface area contributed by atoms with Crippen LogP contribution < -0.4 is 0 Å². The van der Waals surface area contributed by atoms with Crippen molar-refractivity contribution in [2.24, 2.45) is 11.8 Å². The van der Waals surface area contributed by atoms with Crippen LogP contribution in [0, 0.1) is 11.8 Å². The topological polar surface area (TPSA) is 81.2 Å². The molecule has 0 amide bonds. The molecule has 31 heavy (non-hydrogen) atoms. The number of rotatable bonds is 6. The number of carbonyl (C=O) groups is 2. The molecule has 0 bridgehead atoms. The van der Waals surface area contributed by atoms with Gasteiger partial charge in [-0.1, -0.05) is 20.8 Å². The summed E-state index contributed by atoms with van der Waals surface area (Å²) in [6.07, 6.45) is 3.13. The van der Waals surface area contributed by atoms with Crippen LogP contribution in [-0.2, 0) is 14.6 Å². The highest BCUT2D eigenvalue weighted by molar-refractivity contribution is 7.91. The maximum atomic E-state index is 14.2. The van der Waals surface area contributed by atoms with E-state index in [0.29, 0.717) is 16.7 Å². The SMILES string of the molecule is CCC1C(=O)C2=C(C=C(c3nc(C(C)=O)ccc3S(=O)(=O)CC)C2C)C=C1C(C)(F)F. The number of hydrogen-bond donors (Lipinski definition) is 0. The molecule has 0 saturated carbocycles. The molecule has 2 aliphatic rings. The maximum Gasteiger partial charge on any atom is 0.267 e. The van der Waals surface area contributed by atoms with E-state index in [1.54, 1.807) is 19.9 Å². The third-order valence-electron chi connectivity index (χ3n) is 5.91. The fourth-order valence-corrected chi connectivity index (χ4v) is 5.26. The van der Waals surface area contributed by atoms with Crippen molar-refractivity contribution in [3.8, 4) is 0 Å². The summed E-state index contributed by atoms with van der Waals surface area (Å²) >= 11 is 0. The molecule has 1 aromatic heterocycles. The average molecular weight is 450 g/mol. The molecular formula is C23H25F2NO4S. The number of carbonyl (C=O) groups excluding carboxylic acids is 2. The van der Waals surface area contributed by atoms with Gasteiger partial charge in [-0.15, -0.1) is 0 Å². The van der Waals surface area contributed by atoms with Gasteiger partial charge >= 0.3 is 0 Å². The van der Waals surface area contributed by atoms with E-state index in [4.69, 9.17) is 0 Å². The zero-order valence-corrected chi connectivity index (χ0v) is 18.9. The highest BCUT2D eigenvalue weighted by atomic mass is 32.2. The third-order valence-corrected chi connectivity index (χ3v) is 7.67. The number of alkyl halides is 2. The van der Waals surface area contributed by atoms with Crippen molar-refractivity contribution < 1.29 is 26.8 Å². The third kappa shape index (κ3) is 3.93. The number of allylic oxidation sites excluding steroid dienone is 6. The summed E-state index contributed by atoms with van der Waals surface area (Å²) < 4.78 is 53.8. The summed E-state index contributed by atoms with van der Waals surface area (Å²) in [7, 11) is -3.68. The number of pyridine rings is 1. The summed E-state index contributed by atoms with van der Waals surface area (Å²) in [6, 6.07) is 2.71. The van der Waals surface area contributed by atoms with Crippen molar-refractivity contribution in [3.63, 3.8) is 0 Å². The lowest BCUT2D eigenvalue weighted by Crippen LogP contribution is -2.31. The fraction of sp³-hybridized carbons (Fsp3) is 0.435. The lowest BCUT2D eigenvalue weighted by Gasteiger charge is -2.28. The first-order valence-corrected chi connectivity index (χ1v) is 11.8. The molecular weight excluding hydrogens is 424 g/mol. The van der Waals surface area contributed by atoms with E-state index in [1.165, 1.54) is 32.1 Å². The molecule has 0 N–H and O–H groups in total. The molecule has 2 unspecified atom stereocenters. The van der Waals surface area contributed by atoms with Crippen LogP contribution >= 0.6 is 0 Å². The normalized spacial score (nSPS) is 21.7. The van der Waals surface area contributed by atoms with Gasteiger partial charge in [-0.3, -0.25) is 9.59 Å². The van der Waals surface area contributed by atoms with E-state index in [9.17, 15) is 26.8 Å². The van der Waals surface area contributed by atoms with Crippen molar-refractivity contribution in [1.82, 2.24) is 4.98 Å². The van der Waals surface area contributed by atoms with Gasteiger partial charge in [0.15, 0.2) is 21.4 Å². The van der Waals surface area contributed by atoms with E-state index in [-0.39, 0.29) is 45.6 Å². The second-order valence-electron chi connectivity index (χ2n) is 8.01. The molecule has 5 nitrogen and oxygen atoms in total. The Bertz CT molecular complexity index is 1170. The van der Waals surface area contributed by atoms with E-state index >= 15 is 0 Å². The lowest BCUT2D eigenvalue weighted by molar-refractivity contribution is -0.119. The number of halogens is 2. The van der Waals surface area contributed by atoms with Crippen LogP contribution in [0.15, 0.2) is 45.9 Å². The Morgan fingerprint density at radius 2 is 1.84 bits per heavy atom. The molecule has 166 valence electrons. The maximum absolute atomic E-state index is 14.2. The molecule has 0 radical (unpaired) electrons. The van der Waals surface area contributed by atoms with Crippen LogP contribution in [0.3, 0.4) is 0 Å². The van der Waals surface area contributed by atoms with E-state index in [1.807, 2.05) is 0 Å². The summed E-state index contributed by atoms with van der Waals surface area (Å²) in [5, 5.41) is 0. The van der Waals surface area contributed by atoms with Crippen LogP contribution in [0.2, 0.25) is 0 Å². The molecule has 0 saturated heterocycles. The van der Waals surface area contributed by atoms with Crippen LogP contribution in [0.1, 0.15) is 57.2 Å². The summed E-state index contributed by atoms with van der Waals surface area (Å²) in [5.41, 5.74) is 1.11. The minimum atomic E-state index is -3.68. The van der Waals surface area contributed by atoms with Crippen molar-refractivity contribution >= 4 is 27.0 Å². The summed E-state index contributed by atoms with van der Waals surface area (Å²) in [6.45, 7) is 7.01. The highest BCUT2D eigenvalue weighted by Crippen LogP contribution is 2.47. The van der Waals surface area contributed by atoms with Crippen molar-refractivity contribution in [3.05, 3.63) is 52.4 Å². The molecule has 2 aliphatic carbocycles. The van der Waals surface area contributed by atoms with Crippen molar-refractivity contribution in [1.29, 1.82) is 0 Å². The second-order valence-corrected chi connectivity index (χ2v) is 10.3. The van der Waals surface area contributed by atoms with Gasteiger partial charge < -0.3 is 0 Å². The predicted octanol–water partition coefficient (Wildman–Crippen LogP) is 4.60. The Balaban J connectivity index is 2.22. The Morgan fingerprint density at radius 1 is 1.19 bits per heavy atom. The van der Waals surface area contributed by atoms with Gasteiger partial charge in [0.2, 0.25) is 0 Å². The largest absolute Gasteiger partial charge is 0.294 e. The monoisotopic (exact) mass is 449 g/mol. The smallest absolute Gasteiger partial charge is 0.267 e. The van der Waals surface area contributed by atoms with Gasteiger partial charge in [-0.25, -0.2) is 22.2 Å². The molecule has 2 atom stereocenters. The van der Waals surface area contributed by atoms with Gasteiger partial charge in [-0.05, 0) is 41.9 Å². The summed E-state index contributed by atoms with van der Waals surface area (Å²) in [5.74, 6) is -5.50. The van der Waals surface area contributed by atoms with Gasteiger partial charge in [0.1, 0.15) is 5.69 Å². The number of hydrogen-bond acceptors (Lipinski definition) is 5. The van der Waals surface area contributed by atoms with Crippen LogP contribution in [0.5, 0.6) is 0 Å². The van der Waals surface area contributed by atoms with Crippen LogP contribution in [0.25, 0.3) is 5.57 Å². The molecule has 3 rings (SSSR count). The van der Waals surface area contributed by atoms with Crippen LogP contribution in [0.4, 0.5) is 8.78 Å². The first-order valence-electron chi connectivity index (χ1n) is 10.2. The van der Waals surface area contributed by atoms with E-state index in [0.717, 1.165) is 6.92 Å². The molecule has 0 aliphatic heterocycles. The molecule has 1 aromatic rings. The number of ketones is 2. The van der Waals surface area contributed by atoms with Crippen LogP contribution in [-0.4, -0.2) is 36.6 Å². The molecule has 0 fully saturated rings. The molecule has 8 heteroatoms. The number of Topliss-reactive ketones (excluding diaryl/α,β-unsaturated/α-hetero) is 2. The zero-order valence-electron chi connectivity index (χ0n) is 18.1. The predicted molar refractivity (Wildman–Crippen MR) is 114 cm³/mol. The lowest BCUT2D eigenvalue weighted by atomic mass is 9.76. The quantitative estimate of drug-likeness (QED) is 0.593. The molecule has 0 aromatic carbocycles. The Kier molecular flexibility index (Phi) is 5.90. The molecule has 0 spiro atoms. The van der Waals surface area contributed by atoms with Gasteiger partial charge in [0.25, 0.3) is 5.92 Å². The first kappa shape index (κ1) is 23.2. The second kappa shape index (κ2) is 7.89. The van der Waals surface area contributed by atoms with Gasteiger partial charge in [0, 0.05) is 36.8 Å². The number of nitrogens with zero attached hydrogens (tertiary/aromatic N) is 1. The minimum absolute atomic E-state index is 0.0394. The Hall–Kier alpha value is -2.48. The Morgan fingerprint density at radius 3 is 2.35 bits per heavy atom. The van der Waals surface area contributed by atoms with Crippen molar-refractivity contribution in [2.45, 2.75) is 51.9 Å². The van der Waals surface area contributed by atoms with Crippen molar-refractivity contribution in [2.75, 3.05) is 5.75 Å². The first-order chi connectivity index (χ1) is 14.3.